The lowest BCUT2D eigenvalue weighted by Crippen LogP contribution is -2.61. The summed E-state index contributed by atoms with van der Waals surface area (Å²) in [5.74, 6) is 1.05. The Kier molecular flexibility index (Phi) is 5.49. The van der Waals surface area contributed by atoms with Gasteiger partial charge in [-0.2, -0.15) is 0 Å². The Labute approximate surface area is 150 Å². The van der Waals surface area contributed by atoms with E-state index < -0.39 is 0 Å². The average molecular weight is 347 g/mol. The second kappa shape index (κ2) is 7.62. The SMILES string of the molecule is COc1ccc(N2CCN(C(=O)C[C@@H]3CNCCO3)CC2(C)C)cc1. The molecule has 2 fully saturated rings. The number of carbonyl (C=O) groups is 1. The Hall–Kier alpha value is -1.79. The van der Waals surface area contributed by atoms with E-state index in [9.17, 15) is 4.79 Å². The van der Waals surface area contributed by atoms with E-state index in [0.717, 1.165) is 44.2 Å². The number of ether oxygens (including phenoxy) is 2. The van der Waals surface area contributed by atoms with E-state index >= 15 is 0 Å². The predicted molar refractivity (Wildman–Crippen MR) is 98.2 cm³/mol. The van der Waals surface area contributed by atoms with Crippen LogP contribution in [0.4, 0.5) is 5.69 Å². The molecule has 6 nitrogen and oxygen atoms in total. The van der Waals surface area contributed by atoms with Crippen molar-refractivity contribution in [1.29, 1.82) is 0 Å². The number of piperazine rings is 1. The molecule has 138 valence electrons. The monoisotopic (exact) mass is 347 g/mol. The van der Waals surface area contributed by atoms with Gasteiger partial charge in [0, 0.05) is 38.4 Å². The summed E-state index contributed by atoms with van der Waals surface area (Å²) in [5, 5.41) is 3.28. The average Bonchev–Trinajstić information content (AvgIpc) is 2.62. The van der Waals surface area contributed by atoms with Gasteiger partial charge < -0.3 is 24.6 Å². The van der Waals surface area contributed by atoms with Gasteiger partial charge in [0.2, 0.25) is 5.91 Å². The summed E-state index contributed by atoms with van der Waals surface area (Å²) >= 11 is 0. The molecule has 0 bridgehead atoms. The number of benzene rings is 1. The third-order valence-corrected chi connectivity index (χ3v) is 5.05. The molecule has 1 atom stereocenters. The van der Waals surface area contributed by atoms with E-state index in [1.807, 2.05) is 17.0 Å². The molecule has 25 heavy (non-hydrogen) atoms. The zero-order valence-electron chi connectivity index (χ0n) is 15.5. The van der Waals surface area contributed by atoms with Crippen molar-refractivity contribution in [2.75, 3.05) is 51.3 Å². The first kappa shape index (κ1) is 18.0. The number of nitrogens with zero attached hydrogens (tertiary/aromatic N) is 2. The van der Waals surface area contributed by atoms with Crippen LogP contribution in [0.25, 0.3) is 0 Å². The van der Waals surface area contributed by atoms with Gasteiger partial charge in [0.05, 0.1) is 31.8 Å². The fourth-order valence-electron chi connectivity index (χ4n) is 3.68. The van der Waals surface area contributed by atoms with Crippen LogP contribution >= 0.6 is 0 Å². The molecule has 1 amide bonds. The molecule has 1 aromatic rings. The molecular formula is C19H29N3O3. The Morgan fingerprint density at radius 3 is 2.68 bits per heavy atom. The van der Waals surface area contributed by atoms with Crippen LogP contribution in [0.1, 0.15) is 20.3 Å². The molecule has 2 heterocycles. The van der Waals surface area contributed by atoms with Crippen molar-refractivity contribution in [2.45, 2.75) is 31.9 Å². The molecule has 0 unspecified atom stereocenters. The number of hydrogen-bond acceptors (Lipinski definition) is 5. The summed E-state index contributed by atoms with van der Waals surface area (Å²) < 4.78 is 10.9. The first-order chi connectivity index (χ1) is 12.0. The third kappa shape index (κ3) is 4.25. The molecule has 0 aliphatic carbocycles. The second-order valence-electron chi connectivity index (χ2n) is 7.38. The number of anilines is 1. The Morgan fingerprint density at radius 2 is 2.08 bits per heavy atom. The summed E-state index contributed by atoms with van der Waals surface area (Å²) in [7, 11) is 1.68. The van der Waals surface area contributed by atoms with Gasteiger partial charge in [-0.25, -0.2) is 0 Å². The molecule has 3 rings (SSSR count). The van der Waals surface area contributed by atoms with Crippen LogP contribution in [-0.2, 0) is 9.53 Å². The van der Waals surface area contributed by atoms with Crippen LogP contribution in [-0.4, -0.2) is 68.9 Å². The number of methoxy groups -OCH3 is 1. The van der Waals surface area contributed by atoms with Crippen molar-refractivity contribution in [3.8, 4) is 5.75 Å². The van der Waals surface area contributed by atoms with Gasteiger partial charge in [0.1, 0.15) is 5.75 Å². The molecule has 2 aliphatic heterocycles. The molecule has 1 aromatic carbocycles. The fourth-order valence-corrected chi connectivity index (χ4v) is 3.68. The number of amides is 1. The molecule has 0 spiro atoms. The number of morpholine rings is 1. The Balaban J connectivity index is 1.61. The summed E-state index contributed by atoms with van der Waals surface area (Å²) in [6.07, 6.45) is 0.468. The van der Waals surface area contributed by atoms with Crippen molar-refractivity contribution >= 4 is 11.6 Å². The van der Waals surface area contributed by atoms with Crippen LogP contribution < -0.4 is 15.0 Å². The maximum Gasteiger partial charge on any atom is 0.225 e. The van der Waals surface area contributed by atoms with Gasteiger partial charge in [0.25, 0.3) is 0 Å². The Bertz CT molecular complexity index is 582. The van der Waals surface area contributed by atoms with Gasteiger partial charge in [-0.15, -0.1) is 0 Å². The highest BCUT2D eigenvalue weighted by Crippen LogP contribution is 2.29. The van der Waals surface area contributed by atoms with Crippen molar-refractivity contribution in [3.05, 3.63) is 24.3 Å². The zero-order valence-corrected chi connectivity index (χ0v) is 15.5. The van der Waals surface area contributed by atoms with Crippen LogP contribution in [0.15, 0.2) is 24.3 Å². The van der Waals surface area contributed by atoms with E-state index in [1.54, 1.807) is 7.11 Å². The maximum absolute atomic E-state index is 12.7. The van der Waals surface area contributed by atoms with Gasteiger partial charge in [0.15, 0.2) is 0 Å². The summed E-state index contributed by atoms with van der Waals surface area (Å²) in [6.45, 7) is 9.00. The summed E-state index contributed by atoms with van der Waals surface area (Å²) in [5.41, 5.74) is 1.05. The van der Waals surface area contributed by atoms with Crippen molar-refractivity contribution in [2.24, 2.45) is 0 Å². The van der Waals surface area contributed by atoms with E-state index in [0.29, 0.717) is 13.0 Å². The van der Waals surface area contributed by atoms with E-state index in [1.165, 1.54) is 0 Å². The topological polar surface area (TPSA) is 54.0 Å². The lowest BCUT2D eigenvalue weighted by atomic mass is 9.97. The van der Waals surface area contributed by atoms with Crippen LogP contribution in [0, 0.1) is 0 Å². The number of hydrogen-bond donors (Lipinski definition) is 1. The van der Waals surface area contributed by atoms with Gasteiger partial charge >= 0.3 is 0 Å². The normalized spacial score (nSPS) is 23.4. The minimum atomic E-state index is -0.117. The zero-order chi connectivity index (χ0) is 17.9. The van der Waals surface area contributed by atoms with E-state index in [-0.39, 0.29) is 17.6 Å². The molecule has 0 aromatic heterocycles. The third-order valence-electron chi connectivity index (χ3n) is 5.05. The quantitative estimate of drug-likeness (QED) is 0.895. The highest BCUT2D eigenvalue weighted by Gasteiger charge is 2.36. The molecule has 1 N–H and O–H groups in total. The maximum atomic E-state index is 12.7. The van der Waals surface area contributed by atoms with Crippen LogP contribution in [0.5, 0.6) is 5.75 Å². The minimum absolute atomic E-state index is 0.00369. The number of rotatable bonds is 4. The van der Waals surface area contributed by atoms with Gasteiger partial charge in [-0.3, -0.25) is 4.79 Å². The standard InChI is InChI=1S/C19H29N3O3/c1-19(2)14-21(18(23)12-17-13-20-8-11-25-17)9-10-22(19)15-4-6-16(24-3)7-5-15/h4-7,17,20H,8-14H2,1-3H3/t17-/m1/s1. The second-order valence-corrected chi connectivity index (χ2v) is 7.38. The van der Waals surface area contributed by atoms with Crippen LogP contribution in [0.3, 0.4) is 0 Å². The lowest BCUT2D eigenvalue weighted by molar-refractivity contribution is -0.136. The summed E-state index contributed by atoms with van der Waals surface area (Å²) in [4.78, 5) is 17.0. The van der Waals surface area contributed by atoms with Gasteiger partial charge in [-0.1, -0.05) is 0 Å². The Morgan fingerprint density at radius 1 is 1.32 bits per heavy atom. The smallest absolute Gasteiger partial charge is 0.225 e. The molecule has 2 aliphatic rings. The van der Waals surface area contributed by atoms with Crippen LogP contribution in [0.2, 0.25) is 0 Å². The molecule has 6 heteroatoms. The lowest BCUT2D eigenvalue weighted by Gasteiger charge is -2.48. The van der Waals surface area contributed by atoms with Gasteiger partial charge in [-0.05, 0) is 38.1 Å². The minimum Gasteiger partial charge on any atom is -0.497 e. The first-order valence-corrected chi connectivity index (χ1v) is 9.01. The number of carbonyl (C=O) groups excluding carboxylic acids is 1. The molecule has 2 saturated heterocycles. The largest absolute Gasteiger partial charge is 0.497 e. The highest BCUT2D eigenvalue weighted by atomic mass is 16.5. The van der Waals surface area contributed by atoms with Crippen molar-refractivity contribution in [1.82, 2.24) is 10.2 Å². The van der Waals surface area contributed by atoms with Crippen molar-refractivity contribution < 1.29 is 14.3 Å². The predicted octanol–water partition coefficient (Wildman–Crippen LogP) is 1.50. The molecule has 0 radical (unpaired) electrons. The first-order valence-electron chi connectivity index (χ1n) is 9.01. The fraction of sp³-hybridized carbons (Fsp3) is 0.632. The highest BCUT2D eigenvalue weighted by molar-refractivity contribution is 5.77. The molecule has 0 saturated carbocycles. The summed E-state index contributed by atoms with van der Waals surface area (Å²) in [6, 6.07) is 8.13. The van der Waals surface area contributed by atoms with E-state index in [2.05, 4.69) is 36.2 Å². The van der Waals surface area contributed by atoms with Crippen molar-refractivity contribution in [3.63, 3.8) is 0 Å². The number of nitrogens with one attached hydrogen (secondary N) is 1. The molecular weight excluding hydrogens is 318 g/mol. The van der Waals surface area contributed by atoms with E-state index in [4.69, 9.17) is 9.47 Å².